The molecule has 0 spiro atoms. The average Bonchev–Trinajstić information content (AvgIpc) is 2.76. The molecule has 5 heteroatoms. The molecule has 1 amide bonds. The van der Waals surface area contributed by atoms with Gasteiger partial charge in [0.1, 0.15) is 5.82 Å². The van der Waals surface area contributed by atoms with Gasteiger partial charge in [0.2, 0.25) is 5.91 Å². The van der Waals surface area contributed by atoms with Crippen LogP contribution in [0.2, 0.25) is 0 Å². The van der Waals surface area contributed by atoms with Crippen LogP contribution in [0.4, 0.5) is 5.69 Å². The van der Waals surface area contributed by atoms with Crippen molar-refractivity contribution in [3.8, 4) is 0 Å². The molecule has 1 heterocycles. The highest BCUT2D eigenvalue weighted by Crippen LogP contribution is 2.17. The number of amides is 1. The lowest BCUT2D eigenvalue weighted by atomic mass is 10.2. The van der Waals surface area contributed by atoms with E-state index in [2.05, 4.69) is 10.3 Å². The van der Waals surface area contributed by atoms with E-state index in [1.807, 2.05) is 36.9 Å². The normalized spacial score (nSPS) is 12.1. The fourth-order valence-electron chi connectivity index (χ4n) is 1.84. The standard InChI is InChI=1S/C13H16N4O/c1-9(13-15-7-8-17(13)2)16-11-5-3-10(4-6-11)12(14)18/h3-9,16H,1-2H3,(H2,14,18). The van der Waals surface area contributed by atoms with E-state index in [0.29, 0.717) is 5.56 Å². The number of nitrogens with two attached hydrogens (primary N) is 1. The van der Waals surface area contributed by atoms with Crippen LogP contribution in [-0.4, -0.2) is 15.5 Å². The first-order valence-corrected chi connectivity index (χ1v) is 5.71. The summed E-state index contributed by atoms with van der Waals surface area (Å²) in [5.74, 6) is 0.535. The Morgan fingerprint density at radius 1 is 1.39 bits per heavy atom. The smallest absolute Gasteiger partial charge is 0.248 e. The number of benzene rings is 1. The maximum Gasteiger partial charge on any atom is 0.248 e. The number of hydrogen-bond acceptors (Lipinski definition) is 3. The summed E-state index contributed by atoms with van der Waals surface area (Å²) in [5.41, 5.74) is 6.62. The van der Waals surface area contributed by atoms with E-state index in [4.69, 9.17) is 5.73 Å². The number of carbonyl (C=O) groups excluding carboxylic acids is 1. The van der Waals surface area contributed by atoms with Gasteiger partial charge >= 0.3 is 0 Å². The van der Waals surface area contributed by atoms with Crippen LogP contribution in [-0.2, 0) is 7.05 Å². The van der Waals surface area contributed by atoms with Crippen molar-refractivity contribution in [2.24, 2.45) is 12.8 Å². The summed E-state index contributed by atoms with van der Waals surface area (Å²) in [6, 6.07) is 7.16. The number of hydrogen-bond donors (Lipinski definition) is 2. The second-order valence-electron chi connectivity index (χ2n) is 4.20. The van der Waals surface area contributed by atoms with Crippen molar-refractivity contribution >= 4 is 11.6 Å². The summed E-state index contributed by atoms with van der Waals surface area (Å²) in [7, 11) is 1.96. The van der Waals surface area contributed by atoms with Crippen LogP contribution in [0.1, 0.15) is 29.1 Å². The fraction of sp³-hybridized carbons (Fsp3) is 0.231. The minimum Gasteiger partial charge on any atom is -0.375 e. The van der Waals surface area contributed by atoms with Gasteiger partial charge in [-0.05, 0) is 31.2 Å². The molecule has 0 saturated heterocycles. The predicted molar refractivity (Wildman–Crippen MR) is 70.2 cm³/mol. The monoisotopic (exact) mass is 244 g/mol. The molecule has 0 fully saturated rings. The van der Waals surface area contributed by atoms with Gasteiger partial charge in [0, 0.05) is 30.7 Å². The van der Waals surface area contributed by atoms with Crippen molar-refractivity contribution < 1.29 is 4.79 Å². The summed E-state index contributed by atoms with van der Waals surface area (Å²) < 4.78 is 1.97. The Bertz CT molecular complexity index is 544. The Hall–Kier alpha value is -2.30. The minimum absolute atomic E-state index is 0.0874. The number of imidazole rings is 1. The third kappa shape index (κ3) is 2.51. The summed E-state index contributed by atoms with van der Waals surface area (Å²) >= 11 is 0. The second kappa shape index (κ2) is 4.91. The van der Waals surface area contributed by atoms with Gasteiger partial charge in [-0.1, -0.05) is 0 Å². The van der Waals surface area contributed by atoms with E-state index in [0.717, 1.165) is 11.5 Å². The van der Waals surface area contributed by atoms with Gasteiger partial charge < -0.3 is 15.6 Å². The Balaban J connectivity index is 2.10. The maximum absolute atomic E-state index is 11.0. The third-order valence-electron chi connectivity index (χ3n) is 2.80. The predicted octanol–water partition coefficient (Wildman–Crippen LogP) is 1.69. The molecule has 2 aromatic rings. The zero-order valence-corrected chi connectivity index (χ0v) is 10.4. The van der Waals surface area contributed by atoms with Crippen LogP contribution < -0.4 is 11.1 Å². The van der Waals surface area contributed by atoms with E-state index >= 15 is 0 Å². The Kier molecular flexibility index (Phi) is 3.32. The maximum atomic E-state index is 11.0. The summed E-state index contributed by atoms with van der Waals surface area (Å²) in [4.78, 5) is 15.2. The molecule has 1 aromatic carbocycles. The zero-order valence-electron chi connectivity index (χ0n) is 10.4. The highest BCUT2D eigenvalue weighted by atomic mass is 16.1. The van der Waals surface area contributed by atoms with Crippen molar-refractivity contribution in [3.63, 3.8) is 0 Å². The molecule has 2 rings (SSSR count). The highest BCUT2D eigenvalue weighted by Gasteiger charge is 2.09. The van der Waals surface area contributed by atoms with Crippen LogP contribution >= 0.6 is 0 Å². The molecule has 1 atom stereocenters. The number of aryl methyl sites for hydroxylation is 1. The van der Waals surface area contributed by atoms with Crippen molar-refractivity contribution in [2.45, 2.75) is 13.0 Å². The highest BCUT2D eigenvalue weighted by molar-refractivity contribution is 5.93. The first kappa shape index (κ1) is 12.2. The average molecular weight is 244 g/mol. The Morgan fingerprint density at radius 2 is 2.06 bits per heavy atom. The van der Waals surface area contributed by atoms with Crippen molar-refractivity contribution in [3.05, 3.63) is 48.0 Å². The summed E-state index contributed by atoms with van der Waals surface area (Å²) in [5, 5.41) is 3.32. The Labute approximate surface area is 106 Å². The van der Waals surface area contributed by atoms with Gasteiger partial charge in [0.05, 0.1) is 6.04 Å². The van der Waals surface area contributed by atoms with Gasteiger partial charge in [-0.3, -0.25) is 4.79 Å². The van der Waals surface area contributed by atoms with Gasteiger partial charge in [0.15, 0.2) is 0 Å². The minimum atomic E-state index is -0.418. The van der Waals surface area contributed by atoms with E-state index < -0.39 is 5.91 Å². The van der Waals surface area contributed by atoms with Crippen LogP contribution in [0.15, 0.2) is 36.7 Å². The summed E-state index contributed by atoms with van der Waals surface area (Å²) in [6.45, 7) is 2.03. The molecule has 1 aromatic heterocycles. The molecule has 0 aliphatic heterocycles. The fourth-order valence-corrected chi connectivity index (χ4v) is 1.84. The van der Waals surface area contributed by atoms with Crippen molar-refractivity contribution in [2.75, 3.05) is 5.32 Å². The summed E-state index contributed by atoms with van der Waals surface area (Å²) in [6.07, 6.45) is 3.67. The molecule has 0 aliphatic rings. The lowest BCUT2D eigenvalue weighted by Crippen LogP contribution is -2.13. The molecule has 94 valence electrons. The number of nitrogens with zero attached hydrogens (tertiary/aromatic N) is 2. The third-order valence-corrected chi connectivity index (χ3v) is 2.80. The second-order valence-corrected chi connectivity index (χ2v) is 4.20. The molecular weight excluding hydrogens is 228 g/mol. The van der Waals surface area contributed by atoms with Crippen LogP contribution in [0.25, 0.3) is 0 Å². The Morgan fingerprint density at radius 3 is 2.56 bits per heavy atom. The lowest BCUT2D eigenvalue weighted by Gasteiger charge is -2.15. The van der Waals surface area contributed by atoms with E-state index in [1.165, 1.54) is 0 Å². The van der Waals surface area contributed by atoms with Crippen LogP contribution in [0, 0.1) is 0 Å². The number of primary amides is 1. The SMILES string of the molecule is CC(Nc1ccc(C(N)=O)cc1)c1nccn1C. The van der Waals surface area contributed by atoms with Crippen molar-refractivity contribution in [1.82, 2.24) is 9.55 Å². The molecule has 0 saturated carbocycles. The lowest BCUT2D eigenvalue weighted by molar-refractivity contribution is 0.100. The van der Waals surface area contributed by atoms with Crippen molar-refractivity contribution in [1.29, 1.82) is 0 Å². The quantitative estimate of drug-likeness (QED) is 0.859. The topological polar surface area (TPSA) is 72.9 Å². The number of carbonyl (C=O) groups is 1. The van der Waals surface area contributed by atoms with Gasteiger partial charge in [-0.2, -0.15) is 0 Å². The number of nitrogens with one attached hydrogen (secondary N) is 1. The zero-order chi connectivity index (χ0) is 13.1. The number of aromatic nitrogens is 2. The first-order valence-electron chi connectivity index (χ1n) is 5.71. The van der Waals surface area contributed by atoms with E-state index in [9.17, 15) is 4.79 Å². The molecule has 0 aliphatic carbocycles. The molecule has 5 nitrogen and oxygen atoms in total. The molecule has 3 N–H and O–H groups in total. The molecule has 0 bridgehead atoms. The molecular formula is C13H16N4O. The van der Waals surface area contributed by atoms with E-state index in [1.54, 1.807) is 18.3 Å². The largest absolute Gasteiger partial charge is 0.375 e. The van der Waals surface area contributed by atoms with Crippen LogP contribution in [0.5, 0.6) is 0 Å². The number of anilines is 1. The van der Waals surface area contributed by atoms with Gasteiger partial charge in [-0.15, -0.1) is 0 Å². The molecule has 0 radical (unpaired) electrons. The van der Waals surface area contributed by atoms with E-state index in [-0.39, 0.29) is 6.04 Å². The first-order chi connectivity index (χ1) is 8.58. The van der Waals surface area contributed by atoms with Gasteiger partial charge in [0.25, 0.3) is 0 Å². The molecule has 1 unspecified atom stereocenters. The van der Waals surface area contributed by atoms with Gasteiger partial charge in [-0.25, -0.2) is 4.98 Å². The van der Waals surface area contributed by atoms with Crippen LogP contribution in [0.3, 0.4) is 0 Å². The number of rotatable bonds is 4. The molecule has 18 heavy (non-hydrogen) atoms.